The van der Waals surface area contributed by atoms with Crippen LogP contribution in [0.3, 0.4) is 0 Å². The molecule has 0 aliphatic heterocycles. The van der Waals surface area contributed by atoms with Gasteiger partial charge in [0.05, 0.1) is 0 Å². The first-order valence-corrected chi connectivity index (χ1v) is 8.33. The number of hydrogen-bond acceptors (Lipinski definition) is 4. The molecule has 3 rings (SSSR count). The van der Waals surface area contributed by atoms with Gasteiger partial charge in [0, 0.05) is 38.7 Å². The summed E-state index contributed by atoms with van der Waals surface area (Å²) < 4.78 is 1.79. The zero-order chi connectivity index (χ0) is 17.1. The highest BCUT2D eigenvalue weighted by Gasteiger charge is 2.08. The third-order valence-corrected chi connectivity index (χ3v) is 4.81. The van der Waals surface area contributed by atoms with Gasteiger partial charge >= 0.3 is 5.97 Å². The fourth-order valence-electron chi connectivity index (χ4n) is 2.50. The molecule has 0 aliphatic carbocycles. The van der Waals surface area contributed by atoms with Gasteiger partial charge in [0.2, 0.25) is 5.91 Å². The largest absolute Gasteiger partial charge is 0.481 e. The van der Waals surface area contributed by atoms with E-state index in [0.717, 1.165) is 9.40 Å². The summed E-state index contributed by atoms with van der Waals surface area (Å²) in [5, 5.41) is 12.5. The van der Waals surface area contributed by atoms with Crippen molar-refractivity contribution < 1.29 is 14.7 Å². The molecule has 0 bridgehead atoms. The first kappa shape index (κ1) is 16.1. The molecule has 1 aromatic heterocycles. The number of benzene rings is 2. The normalized spacial score (nSPS) is 10.8. The number of amides is 1. The SMILES string of the molecule is O=C(O)CCCC(=O)Nc1ccc2sc3ccccc3c(=O)c2c1. The Morgan fingerprint density at radius 1 is 1.00 bits per heavy atom. The zero-order valence-electron chi connectivity index (χ0n) is 12.7. The average Bonchev–Trinajstić information content (AvgIpc) is 2.55. The lowest BCUT2D eigenvalue weighted by Crippen LogP contribution is -2.12. The maximum absolute atomic E-state index is 12.6. The molecule has 24 heavy (non-hydrogen) atoms. The average molecular weight is 341 g/mol. The van der Waals surface area contributed by atoms with E-state index >= 15 is 0 Å². The summed E-state index contributed by atoms with van der Waals surface area (Å²) in [5.41, 5.74) is 0.490. The number of nitrogens with one attached hydrogen (secondary N) is 1. The van der Waals surface area contributed by atoms with Crippen molar-refractivity contribution in [2.75, 3.05) is 5.32 Å². The molecule has 0 radical (unpaired) electrons. The number of rotatable bonds is 5. The van der Waals surface area contributed by atoms with Crippen LogP contribution in [0.2, 0.25) is 0 Å². The zero-order valence-corrected chi connectivity index (χ0v) is 13.6. The van der Waals surface area contributed by atoms with E-state index in [2.05, 4.69) is 5.32 Å². The van der Waals surface area contributed by atoms with Crippen LogP contribution < -0.4 is 10.7 Å². The molecule has 1 heterocycles. The van der Waals surface area contributed by atoms with Gasteiger partial charge < -0.3 is 10.4 Å². The molecule has 0 unspecified atom stereocenters. The van der Waals surface area contributed by atoms with Crippen molar-refractivity contribution in [3.8, 4) is 0 Å². The fourth-order valence-corrected chi connectivity index (χ4v) is 3.56. The van der Waals surface area contributed by atoms with Gasteiger partial charge in [0.25, 0.3) is 0 Å². The van der Waals surface area contributed by atoms with Crippen LogP contribution in [0.5, 0.6) is 0 Å². The molecule has 0 fully saturated rings. The number of anilines is 1. The second-order valence-corrected chi connectivity index (χ2v) is 6.52. The predicted octanol–water partition coefficient (Wildman–Crippen LogP) is 3.61. The van der Waals surface area contributed by atoms with Crippen molar-refractivity contribution >= 4 is 49.1 Å². The molecule has 5 nitrogen and oxygen atoms in total. The number of carbonyl (C=O) groups excluding carboxylic acids is 1. The first-order chi connectivity index (χ1) is 11.5. The fraction of sp³-hybridized carbons (Fsp3) is 0.167. The number of hydrogen-bond donors (Lipinski definition) is 2. The molecule has 0 saturated heterocycles. The summed E-state index contributed by atoms with van der Waals surface area (Å²) in [6.07, 6.45) is 0.382. The van der Waals surface area contributed by atoms with Gasteiger partial charge in [-0.15, -0.1) is 11.3 Å². The molecule has 6 heteroatoms. The van der Waals surface area contributed by atoms with E-state index < -0.39 is 5.97 Å². The van der Waals surface area contributed by atoms with Crippen LogP contribution in [0, 0.1) is 0 Å². The lowest BCUT2D eigenvalue weighted by Gasteiger charge is -2.06. The van der Waals surface area contributed by atoms with Crippen LogP contribution in [0.1, 0.15) is 19.3 Å². The molecular formula is C18H15NO4S. The molecule has 122 valence electrons. The first-order valence-electron chi connectivity index (χ1n) is 7.52. The van der Waals surface area contributed by atoms with Crippen molar-refractivity contribution in [1.29, 1.82) is 0 Å². The van der Waals surface area contributed by atoms with Gasteiger partial charge in [0.1, 0.15) is 0 Å². The Morgan fingerprint density at radius 3 is 2.54 bits per heavy atom. The molecule has 2 N–H and O–H groups in total. The predicted molar refractivity (Wildman–Crippen MR) is 95.7 cm³/mol. The third-order valence-electron chi connectivity index (χ3n) is 3.65. The number of carboxylic acid groups (broad SMARTS) is 1. The van der Waals surface area contributed by atoms with Gasteiger partial charge in [-0.1, -0.05) is 12.1 Å². The highest BCUT2D eigenvalue weighted by atomic mass is 32.1. The lowest BCUT2D eigenvalue weighted by molar-refractivity contribution is -0.137. The van der Waals surface area contributed by atoms with E-state index in [1.807, 2.05) is 24.3 Å². The van der Waals surface area contributed by atoms with Crippen molar-refractivity contribution in [2.45, 2.75) is 19.3 Å². The van der Waals surface area contributed by atoms with Gasteiger partial charge in [-0.3, -0.25) is 14.4 Å². The Kier molecular flexibility index (Phi) is 4.57. The van der Waals surface area contributed by atoms with E-state index in [-0.39, 0.29) is 30.6 Å². The van der Waals surface area contributed by atoms with Crippen LogP contribution >= 0.6 is 11.3 Å². The molecule has 0 aliphatic rings. The minimum atomic E-state index is -0.919. The number of aliphatic carboxylic acids is 1. The van der Waals surface area contributed by atoms with Crippen molar-refractivity contribution in [1.82, 2.24) is 0 Å². The van der Waals surface area contributed by atoms with Crippen LogP contribution in [0.25, 0.3) is 20.2 Å². The van der Waals surface area contributed by atoms with Gasteiger partial charge in [-0.05, 0) is 36.8 Å². The van der Waals surface area contributed by atoms with Crippen molar-refractivity contribution in [3.63, 3.8) is 0 Å². The molecule has 0 atom stereocenters. The second-order valence-electron chi connectivity index (χ2n) is 5.43. The van der Waals surface area contributed by atoms with E-state index in [1.54, 1.807) is 18.2 Å². The van der Waals surface area contributed by atoms with Crippen LogP contribution in [-0.4, -0.2) is 17.0 Å². The molecule has 2 aromatic carbocycles. The Bertz CT molecular complexity index is 993. The highest BCUT2D eigenvalue weighted by molar-refractivity contribution is 7.24. The Morgan fingerprint density at radius 2 is 1.75 bits per heavy atom. The number of fused-ring (bicyclic) bond motifs is 2. The van der Waals surface area contributed by atoms with Crippen LogP contribution in [0.15, 0.2) is 47.3 Å². The minimum Gasteiger partial charge on any atom is -0.481 e. The molecule has 0 spiro atoms. The standard InChI is InChI=1S/C18H15NO4S/c20-16(6-3-7-17(21)22)19-11-8-9-15-13(10-11)18(23)12-4-1-2-5-14(12)24-15/h1-2,4-5,8-10H,3,6-7H2,(H,19,20)(H,21,22). The molecule has 0 saturated carbocycles. The highest BCUT2D eigenvalue weighted by Crippen LogP contribution is 2.26. The summed E-state index contributed by atoms with van der Waals surface area (Å²) in [5.74, 6) is -1.18. The van der Waals surface area contributed by atoms with Crippen LogP contribution in [-0.2, 0) is 9.59 Å². The summed E-state index contributed by atoms with van der Waals surface area (Å²) in [6.45, 7) is 0. The van der Waals surface area contributed by atoms with Gasteiger partial charge in [-0.2, -0.15) is 0 Å². The molecular weight excluding hydrogens is 326 g/mol. The van der Waals surface area contributed by atoms with Crippen LogP contribution in [0.4, 0.5) is 5.69 Å². The summed E-state index contributed by atoms with van der Waals surface area (Å²) in [4.78, 5) is 34.9. The van der Waals surface area contributed by atoms with E-state index in [0.29, 0.717) is 16.5 Å². The molecule has 1 amide bonds. The van der Waals surface area contributed by atoms with Gasteiger partial charge in [-0.25, -0.2) is 0 Å². The quantitative estimate of drug-likeness (QED) is 0.695. The number of carboxylic acids is 1. The second kappa shape index (κ2) is 6.80. The molecule has 3 aromatic rings. The van der Waals surface area contributed by atoms with E-state index in [9.17, 15) is 14.4 Å². The van der Waals surface area contributed by atoms with Crippen molar-refractivity contribution in [3.05, 3.63) is 52.7 Å². The maximum Gasteiger partial charge on any atom is 0.303 e. The maximum atomic E-state index is 12.6. The van der Waals surface area contributed by atoms with E-state index in [1.165, 1.54) is 11.3 Å². The topological polar surface area (TPSA) is 83.5 Å². The minimum absolute atomic E-state index is 0.0382. The Balaban J connectivity index is 1.87. The summed E-state index contributed by atoms with van der Waals surface area (Å²) >= 11 is 1.53. The summed E-state index contributed by atoms with van der Waals surface area (Å²) in [6, 6.07) is 12.7. The Labute approximate surface area is 141 Å². The Hall–Kier alpha value is -2.73. The van der Waals surface area contributed by atoms with Gasteiger partial charge in [0.15, 0.2) is 5.43 Å². The third kappa shape index (κ3) is 3.44. The smallest absolute Gasteiger partial charge is 0.303 e. The van der Waals surface area contributed by atoms with E-state index in [4.69, 9.17) is 5.11 Å². The monoisotopic (exact) mass is 341 g/mol. The summed E-state index contributed by atoms with van der Waals surface area (Å²) in [7, 11) is 0. The van der Waals surface area contributed by atoms with Crippen molar-refractivity contribution in [2.24, 2.45) is 0 Å². The number of carbonyl (C=O) groups is 2. The lowest BCUT2D eigenvalue weighted by atomic mass is 10.1.